The molecule has 0 aliphatic carbocycles. The van der Waals surface area contributed by atoms with Crippen LogP contribution in [-0.2, 0) is 6.42 Å². The molecule has 0 amide bonds. The molecule has 4 heteroatoms. The number of nitrogens with one attached hydrogen (secondary N) is 1. The Kier molecular flexibility index (Phi) is 3.00. The summed E-state index contributed by atoms with van der Waals surface area (Å²) in [6, 6.07) is 14.5. The van der Waals surface area contributed by atoms with Crippen molar-refractivity contribution in [2.45, 2.75) is 6.42 Å². The number of halogens is 1. The Morgan fingerprint density at radius 1 is 1.09 bits per heavy atom. The SMILES string of the molecule is Fc1ccc(Cc2ncc[nH]2)c(-c2cc3ccccc3o2)c1. The third-order valence-corrected chi connectivity index (χ3v) is 3.68. The Morgan fingerprint density at radius 3 is 2.82 bits per heavy atom. The maximum absolute atomic E-state index is 13.7. The van der Waals surface area contributed by atoms with Gasteiger partial charge < -0.3 is 9.40 Å². The van der Waals surface area contributed by atoms with Gasteiger partial charge in [0.15, 0.2) is 0 Å². The number of rotatable bonds is 3. The van der Waals surface area contributed by atoms with Gasteiger partial charge in [-0.3, -0.25) is 0 Å². The van der Waals surface area contributed by atoms with Crippen LogP contribution in [0.2, 0.25) is 0 Å². The fourth-order valence-electron chi connectivity index (χ4n) is 2.62. The summed E-state index contributed by atoms with van der Waals surface area (Å²) in [5.74, 6) is 1.23. The zero-order valence-corrected chi connectivity index (χ0v) is 11.7. The molecule has 0 radical (unpaired) electrons. The number of aromatic amines is 1. The predicted octanol–water partition coefficient (Wildman–Crippen LogP) is 4.55. The maximum Gasteiger partial charge on any atom is 0.135 e. The van der Waals surface area contributed by atoms with Gasteiger partial charge in [-0.25, -0.2) is 9.37 Å². The van der Waals surface area contributed by atoms with E-state index in [0.29, 0.717) is 12.2 Å². The highest BCUT2D eigenvalue weighted by atomic mass is 19.1. The molecule has 4 rings (SSSR count). The number of furan rings is 1. The normalized spacial score (nSPS) is 11.1. The average Bonchev–Trinajstić information content (AvgIpc) is 3.18. The van der Waals surface area contributed by atoms with Gasteiger partial charge in [0, 0.05) is 29.8 Å². The molecule has 0 bridgehead atoms. The molecule has 4 aromatic rings. The summed E-state index contributed by atoms with van der Waals surface area (Å²) in [6.45, 7) is 0. The standard InChI is InChI=1S/C18H13FN2O/c19-14-6-5-12(10-18-20-7-8-21-18)15(11-14)17-9-13-3-1-2-4-16(13)22-17/h1-9,11H,10H2,(H,20,21). The highest BCUT2D eigenvalue weighted by molar-refractivity contribution is 5.83. The zero-order valence-electron chi connectivity index (χ0n) is 11.7. The largest absolute Gasteiger partial charge is 0.456 e. The van der Waals surface area contributed by atoms with Gasteiger partial charge in [0.25, 0.3) is 0 Å². The number of aromatic nitrogens is 2. The molecular formula is C18H13FN2O. The lowest BCUT2D eigenvalue weighted by Gasteiger charge is -2.06. The van der Waals surface area contributed by atoms with Gasteiger partial charge in [0.2, 0.25) is 0 Å². The molecule has 0 unspecified atom stereocenters. The van der Waals surface area contributed by atoms with Crippen molar-refractivity contribution in [2.75, 3.05) is 0 Å². The first-order chi connectivity index (χ1) is 10.8. The first-order valence-electron chi connectivity index (χ1n) is 7.05. The van der Waals surface area contributed by atoms with Gasteiger partial charge >= 0.3 is 0 Å². The monoisotopic (exact) mass is 292 g/mol. The van der Waals surface area contributed by atoms with E-state index in [1.54, 1.807) is 18.5 Å². The summed E-state index contributed by atoms with van der Waals surface area (Å²) < 4.78 is 19.6. The van der Waals surface area contributed by atoms with Crippen LogP contribution in [0.25, 0.3) is 22.3 Å². The average molecular weight is 292 g/mol. The van der Waals surface area contributed by atoms with E-state index in [1.165, 1.54) is 12.1 Å². The van der Waals surface area contributed by atoms with E-state index in [2.05, 4.69) is 9.97 Å². The van der Waals surface area contributed by atoms with E-state index in [-0.39, 0.29) is 5.82 Å². The lowest BCUT2D eigenvalue weighted by atomic mass is 10.0. The molecule has 0 atom stereocenters. The molecule has 2 aromatic carbocycles. The third-order valence-electron chi connectivity index (χ3n) is 3.68. The Labute approximate surface area is 126 Å². The second kappa shape index (κ2) is 5.15. The van der Waals surface area contributed by atoms with Crippen molar-refractivity contribution in [3.63, 3.8) is 0 Å². The number of para-hydroxylation sites is 1. The van der Waals surface area contributed by atoms with Gasteiger partial charge in [0.1, 0.15) is 23.0 Å². The summed E-state index contributed by atoms with van der Waals surface area (Å²) in [5, 5.41) is 1.01. The molecule has 22 heavy (non-hydrogen) atoms. The van der Waals surface area contributed by atoms with Gasteiger partial charge in [-0.05, 0) is 29.8 Å². The molecule has 2 heterocycles. The lowest BCUT2D eigenvalue weighted by Crippen LogP contribution is -1.94. The van der Waals surface area contributed by atoms with Gasteiger partial charge in [0.05, 0.1) is 0 Å². The van der Waals surface area contributed by atoms with E-state index < -0.39 is 0 Å². The van der Waals surface area contributed by atoms with E-state index >= 15 is 0 Å². The van der Waals surface area contributed by atoms with Crippen LogP contribution in [0.5, 0.6) is 0 Å². The van der Waals surface area contributed by atoms with E-state index in [4.69, 9.17) is 4.42 Å². The van der Waals surface area contributed by atoms with Crippen LogP contribution in [0, 0.1) is 5.82 Å². The topological polar surface area (TPSA) is 41.8 Å². The van der Waals surface area contributed by atoms with Crippen LogP contribution < -0.4 is 0 Å². The van der Waals surface area contributed by atoms with E-state index in [1.807, 2.05) is 30.3 Å². The second-order valence-electron chi connectivity index (χ2n) is 5.16. The first-order valence-corrected chi connectivity index (χ1v) is 7.05. The molecule has 0 spiro atoms. The van der Waals surface area contributed by atoms with Crippen molar-refractivity contribution < 1.29 is 8.81 Å². The number of imidazole rings is 1. The van der Waals surface area contributed by atoms with E-state index in [9.17, 15) is 4.39 Å². The number of hydrogen-bond donors (Lipinski definition) is 1. The van der Waals surface area contributed by atoms with Crippen LogP contribution in [0.15, 0.2) is 65.3 Å². The van der Waals surface area contributed by atoms with Crippen molar-refractivity contribution >= 4 is 11.0 Å². The zero-order chi connectivity index (χ0) is 14.9. The summed E-state index contributed by atoms with van der Waals surface area (Å²) in [6.07, 6.45) is 4.08. The van der Waals surface area contributed by atoms with Crippen LogP contribution >= 0.6 is 0 Å². The molecule has 0 fully saturated rings. The van der Waals surface area contributed by atoms with Gasteiger partial charge in [-0.2, -0.15) is 0 Å². The number of fused-ring (bicyclic) bond motifs is 1. The summed E-state index contributed by atoms with van der Waals surface area (Å²) in [4.78, 5) is 7.30. The highest BCUT2D eigenvalue weighted by Crippen LogP contribution is 2.31. The Balaban J connectivity index is 1.84. The number of H-pyrrole nitrogens is 1. The molecular weight excluding hydrogens is 279 g/mol. The van der Waals surface area contributed by atoms with Crippen molar-refractivity contribution in [3.8, 4) is 11.3 Å². The first kappa shape index (κ1) is 12.8. The Bertz CT molecular complexity index is 892. The molecule has 108 valence electrons. The molecule has 0 aliphatic heterocycles. The summed E-state index contributed by atoms with van der Waals surface area (Å²) >= 11 is 0. The maximum atomic E-state index is 13.7. The molecule has 3 nitrogen and oxygen atoms in total. The van der Waals surface area contributed by atoms with Crippen LogP contribution in [0.4, 0.5) is 4.39 Å². The molecule has 0 saturated carbocycles. The number of hydrogen-bond acceptors (Lipinski definition) is 2. The second-order valence-corrected chi connectivity index (χ2v) is 5.16. The number of nitrogens with zero attached hydrogens (tertiary/aromatic N) is 1. The lowest BCUT2D eigenvalue weighted by molar-refractivity contribution is 0.616. The summed E-state index contributed by atoms with van der Waals surface area (Å²) in [7, 11) is 0. The number of benzene rings is 2. The molecule has 0 saturated heterocycles. The highest BCUT2D eigenvalue weighted by Gasteiger charge is 2.13. The predicted molar refractivity (Wildman–Crippen MR) is 83.0 cm³/mol. The minimum Gasteiger partial charge on any atom is -0.456 e. The van der Waals surface area contributed by atoms with Crippen molar-refractivity contribution in [2.24, 2.45) is 0 Å². The molecule has 2 aromatic heterocycles. The quantitative estimate of drug-likeness (QED) is 0.601. The van der Waals surface area contributed by atoms with Crippen LogP contribution in [0.1, 0.15) is 11.4 Å². The van der Waals surface area contributed by atoms with Gasteiger partial charge in [-0.15, -0.1) is 0 Å². The molecule has 0 aliphatic rings. The fourth-order valence-corrected chi connectivity index (χ4v) is 2.62. The summed E-state index contributed by atoms with van der Waals surface area (Å²) in [5.41, 5.74) is 2.52. The van der Waals surface area contributed by atoms with Crippen molar-refractivity contribution in [1.82, 2.24) is 9.97 Å². The third kappa shape index (κ3) is 2.29. The minimum atomic E-state index is -0.279. The van der Waals surface area contributed by atoms with Crippen molar-refractivity contribution in [3.05, 3.63) is 78.1 Å². The van der Waals surface area contributed by atoms with Crippen LogP contribution in [-0.4, -0.2) is 9.97 Å². The fraction of sp³-hybridized carbons (Fsp3) is 0.0556. The minimum absolute atomic E-state index is 0.279. The Hall–Kier alpha value is -2.88. The Morgan fingerprint density at radius 2 is 2.00 bits per heavy atom. The van der Waals surface area contributed by atoms with E-state index in [0.717, 1.165) is 27.9 Å². The van der Waals surface area contributed by atoms with Crippen LogP contribution in [0.3, 0.4) is 0 Å². The smallest absolute Gasteiger partial charge is 0.135 e. The molecule has 1 N–H and O–H groups in total. The van der Waals surface area contributed by atoms with Crippen molar-refractivity contribution in [1.29, 1.82) is 0 Å². The van der Waals surface area contributed by atoms with Gasteiger partial charge in [-0.1, -0.05) is 24.3 Å².